The van der Waals surface area contributed by atoms with Crippen molar-refractivity contribution >= 4 is 35.6 Å². The third-order valence-electron chi connectivity index (χ3n) is 4.11. The molecule has 2 heterocycles. The number of carbonyl (C=O) groups is 2. The fourth-order valence-electron chi connectivity index (χ4n) is 2.42. The molecule has 3 N–H and O–H groups in total. The molecule has 0 radical (unpaired) electrons. The van der Waals surface area contributed by atoms with Crippen LogP contribution in [-0.2, 0) is 9.59 Å². The van der Waals surface area contributed by atoms with Gasteiger partial charge in [-0.1, -0.05) is 6.92 Å². The van der Waals surface area contributed by atoms with E-state index in [1.165, 1.54) is 0 Å². The minimum atomic E-state index is -0.496. The van der Waals surface area contributed by atoms with Gasteiger partial charge in [0.05, 0.1) is 5.69 Å². The van der Waals surface area contributed by atoms with E-state index in [2.05, 4.69) is 16.0 Å². The van der Waals surface area contributed by atoms with Crippen LogP contribution in [0.4, 0.5) is 11.4 Å². The van der Waals surface area contributed by atoms with Crippen molar-refractivity contribution in [1.82, 2.24) is 5.32 Å². The van der Waals surface area contributed by atoms with Crippen molar-refractivity contribution in [1.29, 1.82) is 0 Å². The number of benzene rings is 1. The number of amides is 2. The van der Waals surface area contributed by atoms with Gasteiger partial charge in [-0.25, -0.2) is 0 Å². The van der Waals surface area contributed by atoms with E-state index in [0.29, 0.717) is 23.0 Å². The SMILES string of the molecule is CC1Oc2ccc(NC(=O)C(C)C3CNC3)cc2NC1=O.Cl. The monoisotopic (exact) mass is 325 g/mol. The van der Waals surface area contributed by atoms with Gasteiger partial charge in [-0.3, -0.25) is 9.59 Å². The molecular weight excluding hydrogens is 306 g/mol. The number of rotatable bonds is 3. The molecule has 0 bridgehead atoms. The summed E-state index contributed by atoms with van der Waals surface area (Å²) in [5.74, 6) is 0.800. The first kappa shape index (κ1) is 16.6. The molecule has 7 heteroatoms. The van der Waals surface area contributed by atoms with E-state index in [1.807, 2.05) is 6.92 Å². The zero-order valence-corrected chi connectivity index (χ0v) is 13.3. The Bertz CT molecular complexity index is 589. The van der Waals surface area contributed by atoms with Crippen LogP contribution in [0.1, 0.15) is 13.8 Å². The zero-order chi connectivity index (χ0) is 15.0. The Morgan fingerprint density at radius 2 is 2.14 bits per heavy atom. The highest BCUT2D eigenvalue weighted by Crippen LogP contribution is 2.32. The molecule has 0 aliphatic carbocycles. The maximum Gasteiger partial charge on any atom is 0.265 e. The normalized spacial score (nSPS) is 21.4. The standard InChI is InChI=1S/C15H19N3O3.ClH/c1-8(10-6-16-7-10)14(19)17-11-3-4-13-12(5-11)18-15(20)9(2)21-13;/h3-5,8-10,16H,6-7H2,1-2H3,(H,17,19)(H,18,20);1H. The Morgan fingerprint density at radius 1 is 1.41 bits per heavy atom. The Kier molecular flexibility index (Phi) is 4.93. The Morgan fingerprint density at radius 3 is 2.77 bits per heavy atom. The quantitative estimate of drug-likeness (QED) is 0.789. The van der Waals surface area contributed by atoms with Crippen molar-refractivity contribution in [2.45, 2.75) is 20.0 Å². The van der Waals surface area contributed by atoms with Gasteiger partial charge in [0.2, 0.25) is 5.91 Å². The molecular formula is C15H20ClN3O3. The summed E-state index contributed by atoms with van der Waals surface area (Å²) in [7, 11) is 0. The minimum Gasteiger partial charge on any atom is -0.479 e. The van der Waals surface area contributed by atoms with Crippen molar-refractivity contribution in [3.63, 3.8) is 0 Å². The Labute approximate surface area is 135 Å². The van der Waals surface area contributed by atoms with Crippen LogP contribution in [0.5, 0.6) is 5.75 Å². The number of hydrogen-bond donors (Lipinski definition) is 3. The van der Waals surface area contributed by atoms with Gasteiger partial charge in [0.1, 0.15) is 5.75 Å². The molecule has 0 saturated carbocycles. The van der Waals surface area contributed by atoms with Gasteiger partial charge in [-0.15, -0.1) is 12.4 Å². The highest BCUT2D eigenvalue weighted by Gasteiger charge is 2.29. The molecule has 1 fully saturated rings. The molecule has 2 unspecified atom stereocenters. The second kappa shape index (κ2) is 6.54. The van der Waals surface area contributed by atoms with E-state index in [1.54, 1.807) is 25.1 Å². The van der Waals surface area contributed by atoms with Gasteiger partial charge in [-0.2, -0.15) is 0 Å². The van der Waals surface area contributed by atoms with E-state index in [4.69, 9.17) is 4.74 Å². The zero-order valence-electron chi connectivity index (χ0n) is 12.5. The van der Waals surface area contributed by atoms with Crippen LogP contribution in [0.15, 0.2) is 18.2 Å². The predicted octanol–water partition coefficient (Wildman–Crippen LogP) is 1.62. The summed E-state index contributed by atoms with van der Waals surface area (Å²) < 4.78 is 5.48. The lowest BCUT2D eigenvalue weighted by atomic mass is 9.88. The van der Waals surface area contributed by atoms with Gasteiger partial charge in [0.25, 0.3) is 5.91 Å². The summed E-state index contributed by atoms with van der Waals surface area (Å²) >= 11 is 0. The minimum absolute atomic E-state index is 0. The van der Waals surface area contributed by atoms with Crippen LogP contribution in [0, 0.1) is 11.8 Å². The summed E-state index contributed by atoms with van der Waals surface area (Å²) in [5, 5.41) is 8.83. The second-order valence-electron chi connectivity index (χ2n) is 5.66. The highest BCUT2D eigenvalue weighted by molar-refractivity contribution is 5.99. The molecule has 0 spiro atoms. The van der Waals surface area contributed by atoms with Gasteiger partial charge in [0, 0.05) is 11.6 Å². The smallest absolute Gasteiger partial charge is 0.265 e. The molecule has 1 aromatic carbocycles. The van der Waals surface area contributed by atoms with Crippen molar-refractivity contribution < 1.29 is 14.3 Å². The van der Waals surface area contributed by atoms with E-state index >= 15 is 0 Å². The lowest BCUT2D eigenvalue weighted by molar-refractivity contribution is -0.123. The van der Waals surface area contributed by atoms with Crippen molar-refractivity contribution in [2.75, 3.05) is 23.7 Å². The van der Waals surface area contributed by atoms with Gasteiger partial charge >= 0.3 is 0 Å². The molecule has 6 nitrogen and oxygen atoms in total. The number of fused-ring (bicyclic) bond motifs is 1. The van der Waals surface area contributed by atoms with Gasteiger partial charge in [-0.05, 0) is 44.1 Å². The molecule has 3 rings (SSSR count). The maximum atomic E-state index is 12.2. The molecule has 2 aliphatic rings. The molecule has 1 aromatic rings. The van der Waals surface area contributed by atoms with Crippen molar-refractivity contribution in [2.24, 2.45) is 11.8 Å². The molecule has 120 valence electrons. The fraction of sp³-hybridized carbons (Fsp3) is 0.467. The van der Waals surface area contributed by atoms with Crippen LogP contribution >= 0.6 is 12.4 Å². The van der Waals surface area contributed by atoms with Crippen LogP contribution in [-0.4, -0.2) is 31.0 Å². The summed E-state index contributed by atoms with van der Waals surface area (Å²) in [4.78, 5) is 23.8. The second-order valence-corrected chi connectivity index (χ2v) is 5.66. The topological polar surface area (TPSA) is 79.5 Å². The third-order valence-corrected chi connectivity index (χ3v) is 4.11. The Hall–Kier alpha value is -1.79. The maximum absolute atomic E-state index is 12.2. The summed E-state index contributed by atoms with van der Waals surface area (Å²) in [6.07, 6.45) is -0.496. The fourth-order valence-corrected chi connectivity index (χ4v) is 2.42. The van der Waals surface area contributed by atoms with E-state index in [-0.39, 0.29) is 30.1 Å². The first-order valence-electron chi connectivity index (χ1n) is 7.18. The molecule has 0 aromatic heterocycles. The van der Waals surface area contributed by atoms with Crippen LogP contribution < -0.4 is 20.7 Å². The van der Waals surface area contributed by atoms with Crippen LogP contribution in [0.2, 0.25) is 0 Å². The molecule has 2 atom stereocenters. The Balaban J connectivity index is 0.00000176. The number of halogens is 1. The first-order valence-corrected chi connectivity index (χ1v) is 7.18. The third kappa shape index (κ3) is 3.18. The van der Waals surface area contributed by atoms with Gasteiger partial charge in [0.15, 0.2) is 6.10 Å². The largest absolute Gasteiger partial charge is 0.479 e. The summed E-state index contributed by atoms with van der Waals surface area (Å²) in [6, 6.07) is 5.27. The van der Waals surface area contributed by atoms with E-state index < -0.39 is 6.10 Å². The molecule has 22 heavy (non-hydrogen) atoms. The number of ether oxygens (including phenoxy) is 1. The molecule has 1 saturated heterocycles. The average Bonchev–Trinajstić information content (AvgIpc) is 2.38. The number of anilines is 2. The van der Waals surface area contributed by atoms with Crippen LogP contribution in [0.25, 0.3) is 0 Å². The summed E-state index contributed by atoms with van der Waals surface area (Å²) in [6.45, 7) is 5.41. The molecule has 2 amide bonds. The lowest BCUT2D eigenvalue weighted by Gasteiger charge is -2.31. The lowest BCUT2D eigenvalue weighted by Crippen LogP contribution is -2.48. The van der Waals surface area contributed by atoms with Crippen LogP contribution in [0.3, 0.4) is 0 Å². The van der Waals surface area contributed by atoms with E-state index in [0.717, 1.165) is 13.1 Å². The average molecular weight is 326 g/mol. The molecule has 2 aliphatic heterocycles. The van der Waals surface area contributed by atoms with Gasteiger partial charge < -0.3 is 20.7 Å². The van der Waals surface area contributed by atoms with Crippen molar-refractivity contribution in [3.8, 4) is 5.75 Å². The summed E-state index contributed by atoms with van der Waals surface area (Å²) in [5.41, 5.74) is 1.25. The predicted molar refractivity (Wildman–Crippen MR) is 86.6 cm³/mol. The first-order chi connectivity index (χ1) is 10.0. The highest BCUT2D eigenvalue weighted by atomic mass is 35.5. The number of nitrogens with one attached hydrogen (secondary N) is 3. The van der Waals surface area contributed by atoms with E-state index in [9.17, 15) is 9.59 Å². The number of carbonyl (C=O) groups excluding carboxylic acids is 2. The van der Waals surface area contributed by atoms with Crippen molar-refractivity contribution in [3.05, 3.63) is 18.2 Å². The number of hydrogen-bond acceptors (Lipinski definition) is 4.